The van der Waals surface area contributed by atoms with Gasteiger partial charge in [-0.15, -0.1) is 0 Å². The molecule has 3 aromatic rings. The largest absolute Gasteiger partial charge is 0.451 e. The first-order valence-electron chi connectivity index (χ1n) is 11.6. The van der Waals surface area contributed by atoms with Gasteiger partial charge in [-0.1, -0.05) is 42.6 Å². The Morgan fingerprint density at radius 3 is 2.56 bits per heavy atom. The molecule has 2 aliphatic rings. The van der Waals surface area contributed by atoms with Crippen LogP contribution >= 0.6 is 0 Å². The van der Waals surface area contributed by atoms with Crippen molar-refractivity contribution in [3.8, 4) is 0 Å². The predicted octanol–water partition coefficient (Wildman–Crippen LogP) is 4.81. The lowest BCUT2D eigenvalue weighted by Gasteiger charge is -2.30. The molecule has 1 saturated heterocycles. The maximum Gasteiger partial charge on any atom is 0.290 e. The number of fused-ring (bicyclic) bond motifs is 1. The molecule has 2 amide bonds. The molecule has 5 rings (SSSR count). The minimum atomic E-state index is -0.177. The summed E-state index contributed by atoms with van der Waals surface area (Å²) in [7, 11) is 0. The molecule has 1 aliphatic carbocycles. The SMILES string of the molecule is Cc1c(C(=O)N2CCC(c3cc(C(=O)NC4CCCCC4)on3)CC2)oc2ccccc12. The van der Waals surface area contributed by atoms with Crippen molar-refractivity contribution in [1.29, 1.82) is 0 Å². The van der Waals surface area contributed by atoms with Crippen molar-refractivity contribution in [1.82, 2.24) is 15.4 Å². The van der Waals surface area contributed by atoms with Crippen LogP contribution in [0.3, 0.4) is 0 Å². The number of carbonyl (C=O) groups is 2. The van der Waals surface area contributed by atoms with E-state index in [1.165, 1.54) is 6.42 Å². The second-order valence-electron chi connectivity index (χ2n) is 9.04. The third kappa shape index (κ3) is 4.04. The highest BCUT2D eigenvalue weighted by molar-refractivity contribution is 5.99. The normalized spacial score (nSPS) is 18.2. The van der Waals surface area contributed by atoms with Crippen LogP contribution in [0.1, 0.15) is 83.2 Å². The van der Waals surface area contributed by atoms with Crippen molar-refractivity contribution in [2.75, 3.05) is 13.1 Å². The summed E-state index contributed by atoms with van der Waals surface area (Å²) in [5.74, 6) is 0.638. The fourth-order valence-corrected chi connectivity index (χ4v) is 4.99. The van der Waals surface area contributed by atoms with Gasteiger partial charge in [0, 0.05) is 42.1 Å². The molecule has 7 heteroatoms. The van der Waals surface area contributed by atoms with Gasteiger partial charge in [0.15, 0.2) is 5.76 Å². The summed E-state index contributed by atoms with van der Waals surface area (Å²) in [5.41, 5.74) is 2.42. The molecule has 0 bridgehead atoms. The van der Waals surface area contributed by atoms with Crippen LogP contribution in [0.4, 0.5) is 0 Å². The fraction of sp³-hybridized carbons (Fsp3) is 0.480. The molecule has 168 valence electrons. The van der Waals surface area contributed by atoms with Crippen molar-refractivity contribution in [3.63, 3.8) is 0 Å². The molecule has 1 aliphatic heterocycles. The van der Waals surface area contributed by atoms with E-state index in [1.807, 2.05) is 36.1 Å². The average Bonchev–Trinajstić information content (AvgIpc) is 3.45. The molecule has 0 radical (unpaired) electrons. The van der Waals surface area contributed by atoms with Gasteiger partial charge in [-0.2, -0.15) is 0 Å². The van der Waals surface area contributed by atoms with E-state index in [4.69, 9.17) is 8.94 Å². The van der Waals surface area contributed by atoms with Crippen molar-refractivity contribution in [3.05, 3.63) is 53.1 Å². The number of amides is 2. The third-order valence-electron chi connectivity index (χ3n) is 6.93. The highest BCUT2D eigenvalue weighted by Crippen LogP contribution is 2.31. The van der Waals surface area contributed by atoms with Crippen molar-refractivity contribution < 1.29 is 18.5 Å². The Kier molecular flexibility index (Phi) is 5.72. The molecule has 0 spiro atoms. The highest BCUT2D eigenvalue weighted by atomic mass is 16.5. The van der Waals surface area contributed by atoms with Gasteiger partial charge in [0.1, 0.15) is 5.58 Å². The Labute approximate surface area is 187 Å². The van der Waals surface area contributed by atoms with Crippen molar-refractivity contribution in [2.45, 2.75) is 63.8 Å². The number of hydrogen-bond donors (Lipinski definition) is 1. The van der Waals surface area contributed by atoms with E-state index >= 15 is 0 Å². The van der Waals surface area contributed by atoms with Crippen molar-refractivity contribution in [2.24, 2.45) is 0 Å². The molecule has 2 fully saturated rings. The molecular formula is C25H29N3O4. The molecule has 1 saturated carbocycles. The summed E-state index contributed by atoms with van der Waals surface area (Å²) < 4.78 is 11.2. The number of nitrogens with zero attached hydrogens (tertiary/aromatic N) is 2. The summed E-state index contributed by atoms with van der Waals surface area (Å²) in [5, 5.41) is 8.22. The number of hydrogen-bond acceptors (Lipinski definition) is 5. The van der Waals surface area contributed by atoms with Crippen LogP contribution in [0.2, 0.25) is 0 Å². The van der Waals surface area contributed by atoms with Crippen LogP contribution in [0, 0.1) is 6.92 Å². The number of benzene rings is 1. The summed E-state index contributed by atoms with van der Waals surface area (Å²) in [6, 6.07) is 9.73. The smallest absolute Gasteiger partial charge is 0.290 e. The maximum absolute atomic E-state index is 13.1. The Morgan fingerprint density at radius 2 is 1.81 bits per heavy atom. The molecule has 2 aromatic heterocycles. The van der Waals surface area contributed by atoms with Gasteiger partial charge in [0.05, 0.1) is 5.69 Å². The lowest BCUT2D eigenvalue weighted by Crippen LogP contribution is -2.38. The van der Waals surface area contributed by atoms with E-state index in [0.29, 0.717) is 18.8 Å². The standard InChI is InChI=1S/C25H29N3O4/c1-16-19-9-5-6-10-21(19)31-23(16)25(30)28-13-11-17(12-14-28)20-15-22(32-27-20)24(29)26-18-7-3-2-4-8-18/h5-6,9-10,15,17-18H,2-4,7-8,11-14H2,1H3,(H,26,29). The molecule has 0 atom stereocenters. The zero-order valence-corrected chi connectivity index (χ0v) is 18.4. The summed E-state index contributed by atoms with van der Waals surface area (Å²) in [6.45, 7) is 3.17. The number of para-hydroxylation sites is 1. The van der Waals surface area contributed by atoms with Gasteiger partial charge in [-0.3, -0.25) is 9.59 Å². The first-order chi connectivity index (χ1) is 15.6. The van der Waals surface area contributed by atoms with E-state index in [2.05, 4.69) is 10.5 Å². The zero-order chi connectivity index (χ0) is 22.1. The Morgan fingerprint density at radius 1 is 1.06 bits per heavy atom. The first kappa shape index (κ1) is 20.8. The average molecular weight is 436 g/mol. The van der Waals surface area contributed by atoms with Crippen LogP contribution in [0.15, 0.2) is 39.3 Å². The lowest BCUT2D eigenvalue weighted by molar-refractivity contribution is 0.0680. The predicted molar refractivity (Wildman–Crippen MR) is 120 cm³/mol. The molecule has 1 N–H and O–H groups in total. The second-order valence-corrected chi connectivity index (χ2v) is 9.04. The van der Waals surface area contributed by atoms with E-state index in [-0.39, 0.29) is 29.5 Å². The zero-order valence-electron chi connectivity index (χ0n) is 18.4. The topological polar surface area (TPSA) is 88.6 Å². The van der Waals surface area contributed by atoms with Crippen LogP contribution in [0.25, 0.3) is 11.0 Å². The maximum atomic E-state index is 13.1. The number of nitrogens with one attached hydrogen (secondary N) is 1. The first-order valence-corrected chi connectivity index (χ1v) is 11.6. The van der Waals surface area contributed by atoms with Crippen molar-refractivity contribution >= 4 is 22.8 Å². The number of rotatable bonds is 4. The number of aryl methyl sites for hydroxylation is 1. The van der Waals surface area contributed by atoms with Gasteiger partial charge in [-0.25, -0.2) is 0 Å². The summed E-state index contributed by atoms with van der Waals surface area (Å²) in [4.78, 5) is 27.4. The number of piperidine rings is 1. The monoisotopic (exact) mass is 435 g/mol. The molecule has 32 heavy (non-hydrogen) atoms. The van der Waals surface area contributed by atoms with E-state index in [1.54, 1.807) is 6.07 Å². The quantitative estimate of drug-likeness (QED) is 0.635. The van der Waals surface area contributed by atoms with E-state index in [9.17, 15) is 9.59 Å². The Hall–Kier alpha value is -3.09. The number of likely N-dealkylation sites (tertiary alicyclic amines) is 1. The Bertz CT molecular complexity index is 1120. The third-order valence-corrected chi connectivity index (χ3v) is 6.93. The molecular weight excluding hydrogens is 406 g/mol. The second kappa shape index (κ2) is 8.81. The molecule has 3 heterocycles. The number of furan rings is 1. The minimum absolute atomic E-state index is 0.0650. The van der Waals surface area contributed by atoms with Crippen LogP contribution < -0.4 is 5.32 Å². The van der Waals surface area contributed by atoms with Crippen LogP contribution in [-0.2, 0) is 0 Å². The van der Waals surface area contributed by atoms with E-state index < -0.39 is 0 Å². The minimum Gasteiger partial charge on any atom is -0.451 e. The Balaban J connectivity index is 1.20. The highest BCUT2D eigenvalue weighted by Gasteiger charge is 2.30. The fourth-order valence-electron chi connectivity index (χ4n) is 4.99. The van der Waals surface area contributed by atoms with Gasteiger partial charge < -0.3 is 19.2 Å². The summed E-state index contributed by atoms with van der Waals surface area (Å²) in [6.07, 6.45) is 7.20. The summed E-state index contributed by atoms with van der Waals surface area (Å²) >= 11 is 0. The number of aromatic nitrogens is 1. The molecule has 7 nitrogen and oxygen atoms in total. The van der Waals surface area contributed by atoms with Gasteiger partial charge in [0.2, 0.25) is 5.76 Å². The van der Waals surface area contributed by atoms with Crippen LogP contribution in [0.5, 0.6) is 0 Å². The molecule has 0 unspecified atom stereocenters. The molecule has 1 aromatic carbocycles. The van der Waals surface area contributed by atoms with Gasteiger partial charge in [0.25, 0.3) is 11.8 Å². The van der Waals surface area contributed by atoms with Gasteiger partial charge >= 0.3 is 0 Å². The van der Waals surface area contributed by atoms with Crippen LogP contribution in [-0.4, -0.2) is 41.0 Å². The van der Waals surface area contributed by atoms with E-state index in [0.717, 1.165) is 60.8 Å². The number of carbonyl (C=O) groups excluding carboxylic acids is 2. The lowest BCUT2D eigenvalue weighted by atomic mass is 9.93. The van der Waals surface area contributed by atoms with Gasteiger partial charge in [-0.05, 0) is 38.7 Å².